The SMILES string of the molecule is CN1CCN(C(C)(C)CNC(=O)[C@@H]2CCCNC2)CC1. The van der Waals surface area contributed by atoms with Crippen LogP contribution in [0.4, 0.5) is 0 Å². The highest BCUT2D eigenvalue weighted by atomic mass is 16.1. The molecule has 0 aromatic heterocycles. The molecular formula is C15H30N4O. The fourth-order valence-electron chi connectivity index (χ4n) is 3.05. The van der Waals surface area contributed by atoms with E-state index in [-0.39, 0.29) is 17.4 Å². The topological polar surface area (TPSA) is 47.6 Å². The Bertz CT molecular complexity index is 318. The summed E-state index contributed by atoms with van der Waals surface area (Å²) >= 11 is 0. The second-order valence-corrected chi connectivity index (χ2v) is 6.86. The summed E-state index contributed by atoms with van der Waals surface area (Å²) in [6.45, 7) is 11.5. The van der Waals surface area contributed by atoms with Crippen molar-refractivity contribution in [3.63, 3.8) is 0 Å². The van der Waals surface area contributed by atoms with Gasteiger partial charge in [-0.05, 0) is 40.3 Å². The highest BCUT2D eigenvalue weighted by Crippen LogP contribution is 2.16. The van der Waals surface area contributed by atoms with Gasteiger partial charge < -0.3 is 15.5 Å². The lowest BCUT2D eigenvalue weighted by Gasteiger charge is -2.43. The molecule has 20 heavy (non-hydrogen) atoms. The van der Waals surface area contributed by atoms with Crippen molar-refractivity contribution >= 4 is 5.91 Å². The molecule has 116 valence electrons. The van der Waals surface area contributed by atoms with Crippen LogP contribution < -0.4 is 10.6 Å². The Kier molecular flexibility index (Phi) is 5.41. The Morgan fingerprint density at radius 2 is 2.00 bits per heavy atom. The normalized spacial score (nSPS) is 26.4. The van der Waals surface area contributed by atoms with Crippen LogP contribution in [-0.2, 0) is 4.79 Å². The van der Waals surface area contributed by atoms with Crippen LogP contribution in [-0.4, -0.2) is 74.1 Å². The molecule has 1 amide bonds. The van der Waals surface area contributed by atoms with Crippen LogP contribution >= 0.6 is 0 Å². The number of nitrogens with one attached hydrogen (secondary N) is 2. The highest BCUT2D eigenvalue weighted by molar-refractivity contribution is 5.79. The van der Waals surface area contributed by atoms with E-state index in [0.29, 0.717) is 0 Å². The zero-order chi connectivity index (χ0) is 14.6. The van der Waals surface area contributed by atoms with Crippen molar-refractivity contribution < 1.29 is 4.79 Å². The average molecular weight is 282 g/mol. The Morgan fingerprint density at radius 3 is 2.60 bits per heavy atom. The summed E-state index contributed by atoms with van der Waals surface area (Å²) in [4.78, 5) is 17.1. The molecule has 0 radical (unpaired) electrons. The third-order valence-corrected chi connectivity index (χ3v) is 4.72. The molecule has 0 saturated carbocycles. The van der Waals surface area contributed by atoms with Gasteiger partial charge in [0, 0.05) is 44.8 Å². The third kappa shape index (κ3) is 4.17. The van der Waals surface area contributed by atoms with Crippen LogP contribution in [0.1, 0.15) is 26.7 Å². The molecule has 2 rings (SSSR count). The van der Waals surface area contributed by atoms with Gasteiger partial charge in [-0.25, -0.2) is 0 Å². The van der Waals surface area contributed by atoms with Crippen LogP contribution in [0.25, 0.3) is 0 Å². The molecule has 1 atom stereocenters. The summed E-state index contributed by atoms with van der Waals surface area (Å²) in [5.74, 6) is 0.381. The number of amides is 1. The van der Waals surface area contributed by atoms with Crippen molar-refractivity contribution in [2.24, 2.45) is 5.92 Å². The van der Waals surface area contributed by atoms with Crippen molar-refractivity contribution in [3.05, 3.63) is 0 Å². The van der Waals surface area contributed by atoms with Crippen molar-refractivity contribution in [1.82, 2.24) is 20.4 Å². The van der Waals surface area contributed by atoms with Crippen molar-refractivity contribution in [1.29, 1.82) is 0 Å². The number of hydrogen-bond acceptors (Lipinski definition) is 4. The zero-order valence-corrected chi connectivity index (χ0v) is 13.2. The van der Waals surface area contributed by atoms with E-state index in [9.17, 15) is 4.79 Å². The van der Waals surface area contributed by atoms with Crippen LogP contribution in [0.3, 0.4) is 0 Å². The van der Waals surface area contributed by atoms with E-state index in [1.165, 1.54) is 0 Å². The predicted octanol–water partition coefficient (Wildman–Crippen LogP) is 0.128. The molecule has 2 fully saturated rings. The molecule has 0 aliphatic carbocycles. The van der Waals surface area contributed by atoms with Gasteiger partial charge in [0.05, 0.1) is 5.92 Å². The fraction of sp³-hybridized carbons (Fsp3) is 0.933. The number of nitrogens with zero attached hydrogens (tertiary/aromatic N) is 2. The molecule has 2 aliphatic rings. The van der Waals surface area contributed by atoms with Gasteiger partial charge in [-0.3, -0.25) is 9.69 Å². The molecule has 0 spiro atoms. The number of carbonyl (C=O) groups excluding carboxylic acids is 1. The molecule has 2 aliphatic heterocycles. The molecule has 0 aromatic carbocycles. The van der Waals surface area contributed by atoms with Crippen LogP contribution in [0.2, 0.25) is 0 Å². The van der Waals surface area contributed by atoms with Crippen LogP contribution in [0, 0.1) is 5.92 Å². The van der Waals surface area contributed by atoms with Gasteiger partial charge in [0.25, 0.3) is 0 Å². The first-order chi connectivity index (χ1) is 9.49. The van der Waals surface area contributed by atoms with Gasteiger partial charge in [0.1, 0.15) is 0 Å². The Labute approximate surface area is 123 Å². The van der Waals surface area contributed by atoms with Gasteiger partial charge in [-0.1, -0.05) is 0 Å². The first-order valence-electron chi connectivity index (χ1n) is 7.91. The summed E-state index contributed by atoms with van der Waals surface area (Å²) in [5, 5.41) is 6.47. The number of piperazine rings is 1. The lowest BCUT2D eigenvalue weighted by molar-refractivity contribution is -0.126. The third-order valence-electron chi connectivity index (χ3n) is 4.72. The first kappa shape index (κ1) is 15.7. The van der Waals surface area contributed by atoms with Gasteiger partial charge in [0.2, 0.25) is 5.91 Å². The van der Waals surface area contributed by atoms with E-state index in [1.54, 1.807) is 0 Å². The second kappa shape index (κ2) is 6.87. The standard InChI is InChI=1S/C15H30N4O/c1-15(2,19-9-7-18(3)8-10-19)12-17-14(20)13-5-4-6-16-11-13/h13,16H,4-12H2,1-3H3,(H,17,20)/t13-/m1/s1. The number of likely N-dealkylation sites (N-methyl/N-ethyl adjacent to an activating group) is 1. The fourth-order valence-corrected chi connectivity index (χ4v) is 3.05. The molecule has 5 nitrogen and oxygen atoms in total. The number of piperidine rings is 1. The quantitative estimate of drug-likeness (QED) is 0.769. The Morgan fingerprint density at radius 1 is 1.30 bits per heavy atom. The van der Waals surface area contributed by atoms with E-state index in [1.807, 2.05) is 0 Å². The number of hydrogen-bond donors (Lipinski definition) is 2. The summed E-state index contributed by atoms with van der Waals surface area (Å²) in [6, 6.07) is 0. The average Bonchev–Trinajstić information content (AvgIpc) is 2.46. The first-order valence-corrected chi connectivity index (χ1v) is 7.91. The summed E-state index contributed by atoms with van der Waals surface area (Å²) in [6.07, 6.45) is 2.13. The van der Waals surface area contributed by atoms with Crippen molar-refractivity contribution in [3.8, 4) is 0 Å². The maximum absolute atomic E-state index is 12.2. The van der Waals surface area contributed by atoms with E-state index in [0.717, 1.165) is 58.7 Å². The Balaban J connectivity index is 1.77. The van der Waals surface area contributed by atoms with Crippen molar-refractivity contribution in [2.75, 3.05) is 52.9 Å². The second-order valence-electron chi connectivity index (χ2n) is 6.86. The highest BCUT2D eigenvalue weighted by Gasteiger charge is 2.30. The van der Waals surface area contributed by atoms with E-state index < -0.39 is 0 Å². The van der Waals surface area contributed by atoms with E-state index in [4.69, 9.17) is 0 Å². The van der Waals surface area contributed by atoms with Crippen LogP contribution in [0.5, 0.6) is 0 Å². The molecule has 0 aromatic rings. The number of carbonyl (C=O) groups is 1. The lowest BCUT2D eigenvalue weighted by atomic mass is 9.97. The van der Waals surface area contributed by atoms with Crippen molar-refractivity contribution in [2.45, 2.75) is 32.2 Å². The Hall–Kier alpha value is -0.650. The molecule has 0 unspecified atom stereocenters. The summed E-state index contributed by atoms with van der Waals surface area (Å²) in [5.41, 5.74) is 0.0407. The minimum absolute atomic E-state index is 0.0407. The molecular weight excluding hydrogens is 252 g/mol. The van der Waals surface area contributed by atoms with E-state index >= 15 is 0 Å². The van der Waals surface area contributed by atoms with E-state index in [2.05, 4.69) is 41.3 Å². The molecule has 0 bridgehead atoms. The van der Waals surface area contributed by atoms with Gasteiger partial charge in [-0.2, -0.15) is 0 Å². The minimum Gasteiger partial charge on any atom is -0.354 e. The molecule has 2 N–H and O–H groups in total. The smallest absolute Gasteiger partial charge is 0.224 e. The van der Waals surface area contributed by atoms with Gasteiger partial charge >= 0.3 is 0 Å². The molecule has 2 saturated heterocycles. The van der Waals surface area contributed by atoms with Crippen LogP contribution in [0.15, 0.2) is 0 Å². The van der Waals surface area contributed by atoms with Gasteiger partial charge in [-0.15, -0.1) is 0 Å². The van der Waals surface area contributed by atoms with Gasteiger partial charge in [0.15, 0.2) is 0 Å². The molecule has 5 heteroatoms. The maximum atomic E-state index is 12.2. The summed E-state index contributed by atoms with van der Waals surface area (Å²) in [7, 11) is 2.17. The maximum Gasteiger partial charge on any atom is 0.224 e. The lowest BCUT2D eigenvalue weighted by Crippen LogP contribution is -2.58. The largest absolute Gasteiger partial charge is 0.354 e. The predicted molar refractivity (Wildman–Crippen MR) is 81.8 cm³/mol. The minimum atomic E-state index is 0.0407. The zero-order valence-electron chi connectivity index (χ0n) is 13.2. The monoisotopic (exact) mass is 282 g/mol. The number of rotatable bonds is 4. The summed E-state index contributed by atoms with van der Waals surface area (Å²) < 4.78 is 0. The molecule has 2 heterocycles.